The topological polar surface area (TPSA) is 84.9 Å². The van der Waals surface area contributed by atoms with Crippen molar-refractivity contribution in [3.05, 3.63) is 18.2 Å². The Bertz CT molecular complexity index is 631. The van der Waals surface area contributed by atoms with Crippen molar-refractivity contribution in [1.82, 2.24) is 4.31 Å². The van der Waals surface area contributed by atoms with E-state index in [1.165, 1.54) is 18.5 Å². The first-order chi connectivity index (χ1) is 10.8. The fraction of sp³-hybridized carbons (Fsp3) is 0.533. The van der Waals surface area contributed by atoms with Gasteiger partial charge < -0.3 is 14.8 Å². The second-order valence-electron chi connectivity index (χ2n) is 5.06. The Kier molecular flexibility index (Phi) is 7.31. The molecule has 0 heterocycles. The summed E-state index contributed by atoms with van der Waals surface area (Å²) < 4.78 is 35.0. The zero-order chi connectivity index (χ0) is 17.5. The van der Waals surface area contributed by atoms with Crippen LogP contribution in [0.25, 0.3) is 0 Å². The number of hydrogen-bond acceptors (Lipinski definition) is 5. The molecule has 23 heavy (non-hydrogen) atoms. The lowest BCUT2D eigenvalue weighted by Gasteiger charge is -2.19. The minimum absolute atomic E-state index is 0.237. The van der Waals surface area contributed by atoms with E-state index in [2.05, 4.69) is 5.32 Å². The lowest BCUT2D eigenvalue weighted by atomic mass is 10.2. The third kappa shape index (κ3) is 6.07. The first kappa shape index (κ1) is 19.2. The Morgan fingerprint density at radius 3 is 2.48 bits per heavy atom. The molecule has 0 unspecified atom stereocenters. The highest BCUT2D eigenvalue weighted by molar-refractivity contribution is 7.88. The lowest BCUT2D eigenvalue weighted by molar-refractivity contribution is -0.116. The van der Waals surface area contributed by atoms with Crippen molar-refractivity contribution in [3.8, 4) is 11.5 Å². The van der Waals surface area contributed by atoms with Gasteiger partial charge in [-0.25, -0.2) is 8.42 Å². The highest BCUT2D eigenvalue weighted by atomic mass is 32.2. The molecule has 0 saturated heterocycles. The van der Waals surface area contributed by atoms with Crippen LogP contribution in [0, 0.1) is 0 Å². The van der Waals surface area contributed by atoms with Crippen LogP contribution in [0.4, 0.5) is 5.69 Å². The average molecular weight is 344 g/mol. The van der Waals surface area contributed by atoms with Crippen molar-refractivity contribution in [2.24, 2.45) is 0 Å². The van der Waals surface area contributed by atoms with E-state index < -0.39 is 15.9 Å². The van der Waals surface area contributed by atoms with Gasteiger partial charge in [-0.15, -0.1) is 0 Å². The van der Waals surface area contributed by atoms with Crippen molar-refractivity contribution >= 4 is 21.6 Å². The van der Waals surface area contributed by atoms with Gasteiger partial charge in [-0.3, -0.25) is 4.79 Å². The van der Waals surface area contributed by atoms with Crippen LogP contribution in [0.3, 0.4) is 0 Å². The van der Waals surface area contributed by atoms with Gasteiger partial charge in [0.15, 0.2) is 0 Å². The van der Waals surface area contributed by atoms with Gasteiger partial charge in [0, 0.05) is 12.6 Å². The van der Waals surface area contributed by atoms with Gasteiger partial charge in [-0.05, 0) is 18.6 Å². The fourth-order valence-electron chi connectivity index (χ4n) is 1.96. The monoisotopic (exact) mass is 344 g/mol. The van der Waals surface area contributed by atoms with Crippen LogP contribution in [0.1, 0.15) is 19.8 Å². The number of carbonyl (C=O) groups excluding carboxylic acids is 1. The van der Waals surface area contributed by atoms with Crippen LogP contribution in [-0.4, -0.2) is 52.2 Å². The standard InChI is InChI=1S/C15H24N2O5S/c1-5-6-9-17(23(4,19)20)11-15(18)16-13-10-12(21-2)7-8-14(13)22-3/h7-8,10H,5-6,9,11H2,1-4H3,(H,16,18). The van der Waals surface area contributed by atoms with Gasteiger partial charge >= 0.3 is 0 Å². The van der Waals surface area contributed by atoms with Gasteiger partial charge in [0.1, 0.15) is 11.5 Å². The molecule has 0 aliphatic carbocycles. The molecule has 8 heteroatoms. The molecule has 7 nitrogen and oxygen atoms in total. The minimum atomic E-state index is -3.44. The molecule has 1 aromatic carbocycles. The number of nitrogens with zero attached hydrogens (tertiary/aromatic N) is 1. The van der Waals surface area contributed by atoms with E-state index >= 15 is 0 Å². The summed E-state index contributed by atoms with van der Waals surface area (Å²) in [4.78, 5) is 12.2. The fourth-order valence-corrected chi connectivity index (χ4v) is 2.77. The molecule has 0 bridgehead atoms. The van der Waals surface area contributed by atoms with Crippen LogP contribution in [0.5, 0.6) is 11.5 Å². The number of amides is 1. The third-order valence-corrected chi connectivity index (χ3v) is 4.48. The molecule has 0 saturated carbocycles. The number of benzene rings is 1. The molecule has 0 spiro atoms. The molecule has 1 aromatic rings. The van der Waals surface area contributed by atoms with E-state index in [0.29, 0.717) is 30.2 Å². The first-order valence-electron chi connectivity index (χ1n) is 7.28. The summed E-state index contributed by atoms with van der Waals surface area (Å²) in [5, 5.41) is 2.67. The van der Waals surface area contributed by atoms with Gasteiger partial charge in [-0.1, -0.05) is 13.3 Å². The van der Waals surface area contributed by atoms with Crippen LogP contribution >= 0.6 is 0 Å². The van der Waals surface area contributed by atoms with E-state index in [4.69, 9.17) is 9.47 Å². The molecule has 0 fully saturated rings. The molecule has 0 aliphatic heterocycles. The van der Waals surface area contributed by atoms with Crippen LogP contribution in [-0.2, 0) is 14.8 Å². The van der Waals surface area contributed by atoms with E-state index in [0.717, 1.165) is 12.7 Å². The Hall–Kier alpha value is -1.80. The summed E-state index contributed by atoms with van der Waals surface area (Å²) in [6.07, 6.45) is 2.64. The molecular formula is C15H24N2O5S. The smallest absolute Gasteiger partial charge is 0.239 e. The predicted octanol–water partition coefficient (Wildman–Crippen LogP) is 1.70. The average Bonchev–Trinajstić information content (AvgIpc) is 2.50. The van der Waals surface area contributed by atoms with Crippen molar-refractivity contribution in [1.29, 1.82) is 0 Å². The van der Waals surface area contributed by atoms with E-state index in [1.807, 2.05) is 6.92 Å². The molecule has 1 rings (SSSR count). The van der Waals surface area contributed by atoms with Gasteiger partial charge in [0.25, 0.3) is 0 Å². The van der Waals surface area contributed by atoms with Gasteiger partial charge in [-0.2, -0.15) is 4.31 Å². The number of sulfonamides is 1. The van der Waals surface area contributed by atoms with Crippen molar-refractivity contribution in [2.75, 3.05) is 38.9 Å². The number of hydrogen-bond donors (Lipinski definition) is 1. The molecule has 130 valence electrons. The summed E-state index contributed by atoms with van der Waals surface area (Å²) in [7, 11) is -0.431. The Morgan fingerprint density at radius 2 is 1.96 bits per heavy atom. The molecule has 0 atom stereocenters. The van der Waals surface area contributed by atoms with Crippen LogP contribution in [0.2, 0.25) is 0 Å². The van der Waals surface area contributed by atoms with E-state index in [-0.39, 0.29) is 6.54 Å². The normalized spacial score (nSPS) is 11.3. The molecule has 0 radical (unpaired) electrons. The highest BCUT2D eigenvalue weighted by Crippen LogP contribution is 2.28. The van der Waals surface area contributed by atoms with Crippen molar-refractivity contribution in [3.63, 3.8) is 0 Å². The molecule has 1 amide bonds. The Labute approximate surface area is 137 Å². The summed E-state index contributed by atoms with van der Waals surface area (Å²) in [6.45, 7) is 2.04. The van der Waals surface area contributed by atoms with E-state index in [9.17, 15) is 13.2 Å². The van der Waals surface area contributed by atoms with E-state index in [1.54, 1.807) is 18.2 Å². The Balaban J connectivity index is 2.85. The molecular weight excluding hydrogens is 320 g/mol. The summed E-state index contributed by atoms with van der Waals surface area (Å²) in [6, 6.07) is 4.99. The number of ether oxygens (including phenoxy) is 2. The highest BCUT2D eigenvalue weighted by Gasteiger charge is 2.20. The number of nitrogens with one attached hydrogen (secondary N) is 1. The maximum atomic E-state index is 12.2. The first-order valence-corrected chi connectivity index (χ1v) is 9.13. The second-order valence-corrected chi connectivity index (χ2v) is 7.05. The summed E-state index contributed by atoms with van der Waals surface area (Å²) in [5.41, 5.74) is 0.431. The number of carbonyl (C=O) groups is 1. The maximum Gasteiger partial charge on any atom is 0.239 e. The third-order valence-electron chi connectivity index (χ3n) is 3.23. The summed E-state index contributed by atoms with van der Waals surface area (Å²) in [5.74, 6) is 0.601. The number of methoxy groups -OCH3 is 2. The molecule has 0 aliphatic rings. The second kappa shape index (κ2) is 8.73. The lowest BCUT2D eigenvalue weighted by Crippen LogP contribution is -2.38. The van der Waals surface area contributed by atoms with Gasteiger partial charge in [0.05, 0.1) is 32.7 Å². The van der Waals surface area contributed by atoms with Crippen LogP contribution < -0.4 is 14.8 Å². The van der Waals surface area contributed by atoms with Crippen LogP contribution in [0.15, 0.2) is 18.2 Å². The molecule has 1 N–H and O–H groups in total. The zero-order valence-electron chi connectivity index (χ0n) is 14.0. The minimum Gasteiger partial charge on any atom is -0.497 e. The Morgan fingerprint density at radius 1 is 1.26 bits per heavy atom. The molecule has 0 aromatic heterocycles. The number of unbranched alkanes of at least 4 members (excludes halogenated alkanes) is 1. The number of anilines is 1. The summed E-state index contributed by atoms with van der Waals surface area (Å²) >= 11 is 0. The van der Waals surface area contributed by atoms with Gasteiger partial charge in [0.2, 0.25) is 15.9 Å². The predicted molar refractivity (Wildman–Crippen MR) is 89.5 cm³/mol. The quantitative estimate of drug-likeness (QED) is 0.737. The number of rotatable bonds is 9. The largest absolute Gasteiger partial charge is 0.497 e. The maximum absolute atomic E-state index is 12.2. The zero-order valence-corrected chi connectivity index (χ0v) is 14.8. The van der Waals surface area contributed by atoms with Crippen molar-refractivity contribution < 1.29 is 22.7 Å². The van der Waals surface area contributed by atoms with Crippen molar-refractivity contribution in [2.45, 2.75) is 19.8 Å². The SMILES string of the molecule is CCCCN(CC(=O)Nc1cc(OC)ccc1OC)S(C)(=O)=O.